The Hall–Kier alpha value is -3.36. The van der Waals surface area contributed by atoms with Crippen LogP contribution in [0.25, 0.3) is 10.9 Å². The van der Waals surface area contributed by atoms with Crippen molar-refractivity contribution in [2.75, 3.05) is 0 Å². The maximum Gasteiger partial charge on any atom is 0.408 e. The molecule has 1 aliphatic rings. The first-order valence-corrected chi connectivity index (χ1v) is 9.21. The Bertz CT molecular complexity index is 959. The second-order valence-electron chi connectivity index (χ2n) is 7.80. The molecule has 0 bridgehead atoms. The van der Waals surface area contributed by atoms with Crippen molar-refractivity contribution in [2.45, 2.75) is 51.4 Å². The van der Waals surface area contributed by atoms with E-state index >= 15 is 0 Å². The molecule has 2 aromatic rings. The third-order valence-electron chi connectivity index (χ3n) is 4.26. The SMILES string of the molecule is CC(C)(C)OC(=O)N[C@@H](Cc1c[nH]c2ccccc12)C(=O)O[C@H]1CC(=O)NC1=O. The summed E-state index contributed by atoms with van der Waals surface area (Å²) in [6, 6.07) is 6.42. The van der Waals surface area contributed by atoms with Crippen molar-refractivity contribution in [1.82, 2.24) is 15.6 Å². The van der Waals surface area contributed by atoms with Crippen molar-refractivity contribution < 1.29 is 28.7 Å². The van der Waals surface area contributed by atoms with Crippen LogP contribution in [0.15, 0.2) is 30.5 Å². The molecule has 1 aliphatic heterocycles. The number of carbonyl (C=O) groups is 4. The van der Waals surface area contributed by atoms with Gasteiger partial charge < -0.3 is 19.8 Å². The molecule has 154 valence electrons. The Morgan fingerprint density at radius 3 is 2.62 bits per heavy atom. The fourth-order valence-corrected chi connectivity index (χ4v) is 3.01. The minimum atomic E-state index is -1.21. The smallest absolute Gasteiger partial charge is 0.408 e. The van der Waals surface area contributed by atoms with Gasteiger partial charge in [-0.3, -0.25) is 14.9 Å². The average molecular weight is 401 g/mol. The van der Waals surface area contributed by atoms with E-state index in [4.69, 9.17) is 9.47 Å². The van der Waals surface area contributed by atoms with Crippen molar-refractivity contribution >= 4 is 34.8 Å². The number of ether oxygens (including phenoxy) is 2. The number of carbonyl (C=O) groups excluding carboxylic acids is 4. The van der Waals surface area contributed by atoms with E-state index in [-0.39, 0.29) is 12.8 Å². The summed E-state index contributed by atoms with van der Waals surface area (Å²) in [4.78, 5) is 51.1. The fourth-order valence-electron chi connectivity index (χ4n) is 3.01. The molecule has 3 amide bonds. The number of imide groups is 1. The van der Waals surface area contributed by atoms with Crippen molar-refractivity contribution in [2.24, 2.45) is 0 Å². The lowest BCUT2D eigenvalue weighted by atomic mass is 10.0. The number of alkyl carbamates (subject to hydrolysis) is 1. The summed E-state index contributed by atoms with van der Waals surface area (Å²) in [6.45, 7) is 5.11. The van der Waals surface area contributed by atoms with Crippen molar-refractivity contribution in [3.05, 3.63) is 36.0 Å². The van der Waals surface area contributed by atoms with Crippen LogP contribution >= 0.6 is 0 Å². The number of hydrogen-bond acceptors (Lipinski definition) is 6. The molecule has 1 aromatic carbocycles. The van der Waals surface area contributed by atoms with E-state index < -0.39 is 41.6 Å². The van der Waals surface area contributed by atoms with Crippen LogP contribution in [0.4, 0.5) is 4.79 Å². The lowest BCUT2D eigenvalue weighted by Gasteiger charge is -2.23. The number of esters is 1. The van der Waals surface area contributed by atoms with Crippen molar-refractivity contribution in [3.63, 3.8) is 0 Å². The quantitative estimate of drug-likeness (QED) is 0.516. The van der Waals surface area contributed by atoms with Gasteiger partial charge in [-0.2, -0.15) is 0 Å². The second-order valence-corrected chi connectivity index (χ2v) is 7.80. The summed E-state index contributed by atoms with van der Waals surface area (Å²) in [5.41, 5.74) is 0.912. The van der Waals surface area contributed by atoms with Crippen LogP contribution in [0.3, 0.4) is 0 Å². The normalized spacial score (nSPS) is 17.7. The maximum atomic E-state index is 12.7. The summed E-state index contributed by atoms with van der Waals surface area (Å²) in [6.07, 6.45) is -0.374. The molecule has 9 nitrogen and oxygen atoms in total. The highest BCUT2D eigenvalue weighted by atomic mass is 16.6. The van der Waals surface area contributed by atoms with E-state index in [0.29, 0.717) is 0 Å². The summed E-state index contributed by atoms with van der Waals surface area (Å²) in [5.74, 6) is -2.01. The molecular weight excluding hydrogens is 378 g/mol. The molecule has 0 spiro atoms. The van der Waals surface area contributed by atoms with Gasteiger partial charge in [0.2, 0.25) is 5.91 Å². The van der Waals surface area contributed by atoms with E-state index in [1.54, 1.807) is 27.0 Å². The fraction of sp³-hybridized carbons (Fsp3) is 0.400. The molecule has 1 saturated heterocycles. The number of aromatic amines is 1. The van der Waals surface area contributed by atoms with Gasteiger partial charge in [0, 0.05) is 23.5 Å². The molecule has 0 saturated carbocycles. The first-order chi connectivity index (χ1) is 13.6. The third-order valence-corrected chi connectivity index (χ3v) is 4.26. The molecular formula is C20H23N3O6. The van der Waals surface area contributed by atoms with E-state index in [1.165, 1.54) is 0 Å². The third kappa shape index (κ3) is 5.13. The van der Waals surface area contributed by atoms with Gasteiger partial charge in [0.15, 0.2) is 6.10 Å². The highest BCUT2D eigenvalue weighted by molar-refractivity contribution is 6.05. The van der Waals surface area contributed by atoms with Gasteiger partial charge in [-0.1, -0.05) is 18.2 Å². The topological polar surface area (TPSA) is 127 Å². The number of rotatable bonds is 5. The van der Waals surface area contributed by atoms with Gasteiger partial charge in [0.1, 0.15) is 11.6 Å². The first kappa shape index (κ1) is 20.4. The first-order valence-electron chi connectivity index (χ1n) is 9.21. The minimum absolute atomic E-state index is 0.115. The predicted octanol–water partition coefficient (Wildman–Crippen LogP) is 1.56. The highest BCUT2D eigenvalue weighted by Crippen LogP contribution is 2.20. The summed E-state index contributed by atoms with van der Waals surface area (Å²) in [7, 11) is 0. The molecule has 3 N–H and O–H groups in total. The standard InChI is InChI=1S/C20H23N3O6/c1-20(2,3)29-19(27)22-14(18(26)28-15-9-16(24)23-17(15)25)8-11-10-21-13-7-5-4-6-12(11)13/h4-7,10,14-15,21H,8-9H2,1-3H3,(H,22,27)(H,23,24,25)/t14-,15-/m0/s1. The Balaban J connectivity index is 1.79. The zero-order valence-electron chi connectivity index (χ0n) is 16.4. The van der Waals surface area contributed by atoms with Crippen molar-refractivity contribution in [1.29, 1.82) is 0 Å². The number of hydrogen-bond donors (Lipinski definition) is 3. The number of nitrogens with one attached hydrogen (secondary N) is 3. The van der Waals surface area contributed by atoms with Gasteiger partial charge in [0.05, 0.1) is 6.42 Å². The second kappa shape index (κ2) is 7.94. The minimum Gasteiger partial charge on any atom is -0.450 e. The van der Waals surface area contributed by atoms with Gasteiger partial charge in [-0.05, 0) is 32.4 Å². The van der Waals surface area contributed by atoms with E-state index in [2.05, 4.69) is 15.6 Å². The van der Waals surface area contributed by atoms with Gasteiger partial charge in [-0.25, -0.2) is 9.59 Å². The molecule has 2 atom stereocenters. The Labute approximate surface area is 167 Å². The largest absolute Gasteiger partial charge is 0.450 e. The number of para-hydroxylation sites is 1. The highest BCUT2D eigenvalue weighted by Gasteiger charge is 2.36. The number of benzene rings is 1. The van der Waals surface area contributed by atoms with Crippen LogP contribution in [0.5, 0.6) is 0 Å². The molecule has 29 heavy (non-hydrogen) atoms. The summed E-state index contributed by atoms with van der Waals surface area (Å²) in [5, 5.41) is 5.48. The zero-order valence-corrected chi connectivity index (χ0v) is 16.4. The lowest BCUT2D eigenvalue weighted by Crippen LogP contribution is -2.46. The van der Waals surface area contributed by atoms with Gasteiger partial charge in [0.25, 0.3) is 5.91 Å². The molecule has 0 radical (unpaired) electrons. The van der Waals surface area contributed by atoms with Gasteiger partial charge >= 0.3 is 12.1 Å². The van der Waals surface area contributed by atoms with Crippen LogP contribution in [-0.4, -0.2) is 46.6 Å². The van der Waals surface area contributed by atoms with E-state index in [0.717, 1.165) is 16.5 Å². The number of H-pyrrole nitrogens is 1. The van der Waals surface area contributed by atoms with Crippen LogP contribution in [0.2, 0.25) is 0 Å². The predicted molar refractivity (Wildman–Crippen MR) is 103 cm³/mol. The van der Waals surface area contributed by atoms with Crippen LogP contribution in [0, 0.1) is 0 Å². The summed E-state index contributed by atoms with van der Waals surface area (Å²) < 4.78 is 10.4. The lowest BCUT2D eigenvalue weighted by molar-refractivity contribution is -0.156. The maximum absolute atomic E-state index is 12.7. The number of fused-ring (bicyclic) bond motifs is 1. The van der Waals surface area contributed by atoms with E-state index in [9.17, 15) is 19.2 Å². The van der Waals surface area contributed by atoms with Crippen molar-refractivity contribution in [3.8, 4) is 0 Å². The van der Waals surface area contributed by atoms with Gasteiger partial charge in [-0.15, -0.1) is 0 Å². The molecule has 0 unspecified atom stereocenters. The van der Waals surface area contributed by atoms with Crippen LogP contribution in [0.1, 0.15) is 32.8 Å². The average Bonchev–Trinajstić information content (AvgIpc) is 3.15. The van der Waals surface area contributed by atoms with E-state index in [1.807, 2.05) is 24.3 Å². The van der Waals surface area contributed by atoms with Crippen LogP contribution in [-0.2, 0) is 30.3 Å². The molecule has 1 aromatic heterocycles. The molecule has 2 heterocycles. The molecule has 0 aliphatic carbocycles. The number of aromatic nitrogens is 1. The Morgan fingerprint density at radius 1 is 1.24 bits per heavy atom. The van der Waals surface area contributed by atoms with Crippen LogP contribution < -0.4 is 10.6 Å². The molecule has 1 fully saturated rings. The monoisotopic (exact) mass is 401 g/mol. The Kier molecular flexibility index (Phi) is 5.58. The molecule has 3 rings (SSSR count). The summed E-state index contributed by atoms with van der Waals surface area (Å²) >= 11 is 0. The number of amides is 3. The Morgan fingerprint density at radius 2 is 1.97 bits per heavy atom. The zero-order chi connectivity index (χ0) is 21.2. The molecule has 9 heteroatoms.